The van der Waals surface area contributed by atoms with E-state index in [1.807, 2.05) is 12.1 Å². The molecule has 102 valence electrons. The summed E-state index contributed by atoms with van der Waals surface area (Å²) in [5.41, 5.74) is 0.659. The van der Waals surface area contributed by atoms with Crippen LogP contribution >= 0.6 is 0 Å². The van der Waals surface area contributed by atoms with Gasteiger partial charge in [0.05, 0.1) is 6.26 Å². The minimum Gasteiger partial charge on any atom is -0.479 e. The van der Waals surface area contributed by atoms with Crippen LogP contribution in [-0.4, -0.2) is 12.4 Å². The Morgan fingerprint density at radius 2 is 2.00 bits per heavy atom. The quantitative estimate of drug-likeness (QED) is 0.476. The third kappa shape index (κ3) is 3.59. The van der Waals surface area contributed by atoms with E-state index >= 15 is 0 Å². The van der Waals surface area contributed by atoms with E-state index in [4.69, 9.17) is 19.7 Å². The molecule has 1 heterocycles. The molecule has 1 aromatic carbocycles. The molecular formula is C16H10N2O3. The largest absolute Gasteiger partial charge is 0.479 e. The zero-order valence-electron chi connectivity index (χ0n) is 10.9. The Labute approximate surface area is 121 Å². The SMILES string of the molecule is N#CCOc1ccc(/C=C(\C#N)C(=O)c2ccco2)cc1. The predicted octanol–water partition coefficient (Wildman–Crippen LogP) is 2.97. The van der Waals surface area contributed by atoms with Gasteiger partial charge in [0.2, 0.25) is 5.78 Å². The van der Waals surface area contributed by atoms with E-state index in [-0.39, 0.29) is 17.9 Å². The smallest absolute Gasteiger partial charge is 0.238 e. The van der Waals surface area contributed by atoms with Gasteiger partial charge in [-0.3, -0.25) is 4.79 Å². The summed E-state index contributed by atoms with van der Waals surface area (Å²) in [6.45, 7) is -0.0321. The zero-order chi connectivity index (χ0) is 15.1. The van der Waals surface area contributed by atoms with Gasteiger partial charge in [-0.05, 0) is 35.9 Å². The van der Waals surface area contributed by atoms with E-state index in [0.29, 0.717) is 11.3 Å². The first-order valence-electron chi connectivity index (χ1n) is 6.04. The number of hydrogen-bond acceptors (Lipinski definition) is 5. The number of Topliss-reactive ketones (excluding diaryl/α,β-unsaturated/α-hetero) is 1. The molecule has 0 spiro atoms. The number of ketones is 1. The fraction of sp³-hybridized carbons (Fsp3) is 0.0625. The van der Waals surface area contributed by atoms with Crippen LogP contribution in [-0.2, 0) is 0 Å². The molecule has 0 unspecified atom stereocenters. The van der Waals surface area contributed by atoms with Gasteiger partial charge in [-0.1, -0.05) is 12.1 Å². The third-order valence-electron chi connectivity index (χ3n) is 2.60. The molecule has 0 aliphatic heterocycles. The summed E-state index contributed by atoms with van der Waals surface area (Å²) in [4.78, 5) is 12.0. The molecule has 2 aromatic rings. The number of hydrogen-bond donors (Lipinski definition) is 0. The fourth-order valence-corrected chi connectivity index (χ4v) is 1.63. The van der Waals surface area contributed by atoms with Crippen LogP contribution in [0.15, 0.2) is 52.7 Å². The molecule has 0 saturated heterocycles. The van der Waals surface area contributed by atoms with Crippen LogP contribution in [0.5, 0.6) is 5.75 Å². The molecule has 5 nitrogen and oxygen atoms in total. The first kappa shape index (κ1) is 14.1. The van der Waals surface area contributed by atoms with Crippen molar-refractivity contribution in [3.8, 4) is 17.9 Å². The van der Waals surface area contributed by atoms with Crippen LogP contribution in [0.2, 0.25) is 0 Å². The van der Waals surface area contributed by atoms with E-state index in [1.165, 1.54) is 18.4 Å². The van der Waals surface area contributed by atoms with Crippen molar-refractivity contribution in [2.45, 2.75) is 0 Å². The van der Waals surface area contributed by atoms with Crippen LogP contribution in [0, 0.1) is 22.7 Å². The number of nitrogens with zero attached hydrogens (tertiary/aromatic N) is 2. The van der Waals surface area contributed by atoms with Crippen molar-refractivity contribution in [2.75, 3.05) is 6.61 Å². The van der Waals surface area contributed by atoms with Gasteiger partial charge in [0, 0.05) is 0 Å². The summed E-state index contributed by atoms with van der Waals surface area (Å²) < 4.78 is 10.1. The van der Waals surface area contributed by atoms with E-state index in [2.05, 4.69) is 0 Å². The lowest BCUT2D eigenvalue weighted by atomic mass is 10.1. The zero-order valence-corrected chi connectivity index (χ0v) is 10.9. The van der Waals surface area contributed by atoms with Gasteiger partial charge in [0.15, 0.2) is 12.4 Å². The molecule has 0 N–H and O–H groups in total. The lowest BCUT2D eigenvalue weighted by molar-refractivity contribution is 0.101. The van der Waals surface area contributed by atoms with Crippen LogP contribution in [0.1, 0.15) is 16.1 Å². The summed E-state index contributed by atoms with van der Waals surface area (Å²) in [5, 5.41) is 17.5. The number of allylic oxidation sites excluding steroid dienone is 1. The fourth-order valence-electron chi connectivity index (χ4n) is 1.63. The minimum atomic E-state index is -0.465. The number of furan rings is 1. The molecule has 0 bridgehead atoms. The van der Waals surface area contributed by atoms with Crippen molar-refractivity contribution < 1.29 is 13.9 Å². The Kier molecular flexibility index (Phi) is 4.53. The van der Waals surface area contributed by atoms with Gasteiger partial charge in [-0.2, -0.15) is 10.5 Å². The van der Waals surface area contributed by atoms with E-state index in [9.17, 15) is 4.79 Å². The van der Waals surface area contributed by atoms with Crippen molar-refractivity contribution in [1.29, 1.82) is 10.5 Å². The Morgan fingerprint density at radius 3 is 2.57 bits per heavy atom. The standard InChI is InChI=1S/C16H10N2O3/c17-7-9-20-14-5-3-12(4-6-14)10-13(11-18)16(19)15-2-1-8-21-15/h1-6,8,10H,9H2/b13-10+. The topological polar surface area (TPSA) is 87.0 Å². The number of rotatable bonds is 5. The van der Waals surface area contributed by atoms with Crippen molar-refractivity contribution in [2.24, 2.45) is 0 Å². The monoisotopic (exact) mass is 278 g/mol. The molecule has 0 aliphatic rings. The van der Waals surface area contributed by atoms with E-state index < -0.39 is 5.78 Å². The summed E-state index contributed by atoms with van der Waals surface area (Å²) >= 11 is 0. The van der Waals surface area contributed by atoms with Gasteiger partial charge in [0.1, 0.15) is 23.5 Å². The normalized spacial score (nSPS) is 10.5. The number of carbonyl (C=O) groups is 1. The van der Waals surface area contributed by atoms with Crippen molar-refractivity contribution in [3.05, 3.63) is 59.6 Å². The third-order valence-corrected chi connectivity index (χ3v) is 2.60. The molecule has 0 fully saturated rings. The van der Waals surface area contributed by atoms with Crippen molar-refractivity contribution in [3.63, 3.8) is 0 Å². The molecule has 2 rings (SSSR count). The molecule has 0 radical (unpaired) electrons. The second kappa shape index (κ2) is 6.74. The maximum absolute atomic E-state index is 12.0. The molecule has 1 aromatic heterocycles. The van der Waals surface area contributed by atoms with Crippen molar-refractivity contribution >= 4 is 11.9 Å². The van der Waals surface area contributed by atoms with E-state index in [0.717, 1.165) is 0 Å². The van der Waals surface area contributed by atoms with Gasteiger partial charge < -0.3 is 9.15 Å². The second-order valence-corrected chi connectivity index (χ2v) is 3.99. The molecule has 0 atom stereocenters. The number of carbonyl (C=O) groups excluding carboxylic acids is 1. The average Bonchev–Trinajstić information content (AvgIpc) is 3.05. The Hall–Kier alpha value is -3.31. The molecule has 5 heteroatoms. The summed E-state index contributed by atoms with van der Waals surface area (Å²) in [6.07, 6.45) is 2.85. The maximum atomic E-state index is 12.0. The molecule has 21 heavy (non-hydrogen) atoms. The highest BCUT2D eigenvalue weighted by molar-refractivity contribution is 6.12. The minimum absolute atomic E-state index is 0.0179. The van der Waals surface area contributed by atoms with E-state index in [1.54, 1.807) is 30.3 Å². The maximum Gasteiger partial charge on any atom is 0.238 e. The van der Waals surface area contributed by atoms with Crippen LogP contribution in [0.4, 0.5) is 0 Å². The molecule has 0 aliphatic carbocycles. The highest BCUT2D eigenvalue weighted by atomic mass is 16.5. The summed E-state index contributed by atoms with van der Waals surface area (Å²) in [5.74, 6) is 0.202. The average molecular weight is 278 g/mol. The Balaban J connectivity index is 2.19. The predicted molar refractivity (Wildman–Crippen MR) is 74.2 cm³/mol. The van der Waals surface area contributed by atoms with Crippen molar-refractivity contribution in [1.82, 2.24) is 0 Å². The van der Waals surface area contributed by atoms with Gasteiger partial charge in [-0.15, -0.1) is 0 Å². The number of ether oxygens (including phenoxy) is 1. The van der Waals surface area contributed by atoms with Crippen LogP contribution in [0.25, 0.3) is 6.08 Å². The van der Waals surface area contributed by atoms with Crippen LogP contribution < -0.4 is 4.74 Å². The number of benzene rings is 1. The first-order chi connectivity index (χ1) is 10.2. The molecule has 0 amide bonds. The second-order valence-electron chi connectivity index (χ2n) is 3.99. The lowest BCUT2D eigenvalue weighted by Crippen LogP contribution is -2.00. The molecular weight excluding hydrogens is 268 g/mol. The lowest BCUT2D eigenvalue weighted by Gasteiger charge is -2.01. The van der Waals surface area contributed by atoms with Gasteiger partial charge in [0.25, 0.3) is 0 Å². The Bertz CT molecular complexity index is 729. The first-order valence-corrected chi connectivity index (χ1v) is 6.04. The van der Waals surface area contributed by atoms with Gasteiger partial charge in [-0.25, -0.2) is 0 Å². The van der Waals surface area contributed by atoms with Gasteiger partial charge >= 0.3 is 0 Å². The highest BCUT2D eigenvalue weighted by Gasteiger charge is 2.14. The van der Waals surface area contributed by atoms with Crippen LogP contribution in [0.3, 0.4) is 0 Å². The molecule has 0 saturated carbocycles. The summed E-state index contributed by atoms with van der Waals surface area (Å²) in [7, 11) is 0. The summed E-state index contributed by atoms with van der Waals surface area (Å²) in [6, 6.07) is 13.5. The number of nitriles is 2. The Morgan fingerprint density at radius 1 is 1.24 bits per heavy atom. The highest BCUT2D eigenvalue weighted by Crippen LogP contribution is 2.16.